The Morgan fingerprint density at radius 1 is 0.875 bits per heavy atom. The van der Waals surface area contributed by atoms with Gasteiger partial charge in [-0.2, -0.15) is 0 Å². The summed E-state index contributed by atoms with van der Waals surface area (Å²) in [7, 11) is 0. The maximum atomic E-state index is 13.4. The van der Waals surface area contributed by atoms with Gasteiger partial charge in [0.2, 0.25) is 0 Å². The highest BCUT2D eigenvalue weighted by Crippen LogP contribution is 2.42. The number of amides is 1. The zero-order valence-corrected chi connectivity index (χ0v) is 16.5. The summed E-state index contributed by atoms with van der Waals surface area (Å²) in [5, 5.41) is 0.842. The molecule has 5 rings (SSSR count). The van der Waals surface area contributed by atoms with E-state index in [1.165, 1.54) is 17.0 Å². The minimum absolute atomic E-state index is 0.287. The first-order chi connectivity index (χ1) is 15.4. The number of carbonyl (C=O) groups is 1. The Labute approximate surface area is 181 Å². The fourth-order valence-electron chi connectivity index (χ4n) is 3.83. The number of hydrogen-bond donors (Lipinski definition) is 0. The number of hydrogen-bond acceptors (Lipinski definition) is 3. The van der Waals surface area contributed by atoms with Crippen LogP contribution in [-0.2, 0) is 0 Å². The summed E-state index contributed by atoms with van der Waals surface area (Å²) >= 11 is 0. The molecule has 0 saturated carbocycles. The molecule has 0 N–H and O–H groups in total. The third-order valence-electron chi connectivity index (χ3n) is 5.13. The SMILES string of the molecule is O=C1c2ccc(OC(F)(F)F)cc2/C(=C\c2ccccc2)N1c1cccc2cccnc12. The van der Waals surface area contributed by atoms with Crippen LogP contribution in [0.25, 0.3) is 22.7 Å². The fourth-order valence-corrected chi connectivity index (χ4v) is 3.83. The van der Waals surface area contributed by atoms with Gasteiger partial charge < -0.3 is 4.74 Å². The van der Waals surface area contributed by atoms with Crippen molar-refractivity contribution < 1.29 is 22.7 Å². The lowest BCUT2D eigenvalue weighted by Crippen LogP contribution is -2.22. The number of fused-ring (bicyclic) bond motifs is 2. The minimum atomic E-state index is -4.83. The molecule has 1 aliphatic rings. The molecule has 0 aliphatic carbocycles. The van der Waals surface area contributed by atoms with Crippen molar-refractivity contribution in [2.24, 2.45) is 0 Å². The van der Waals surface area contributed by atoms with Gasteiger partial charge in [0.05, 0.1) is 16.9 Å². The lowest BCUT2D eigenvalue weighted by atomic mass is 10.1. The molecule has 0 spiro atoms. The summed E-state index contributed by atoms with van der Waals surface area (Å²) in [6.07, 6.45) is -1.43. The second-order valence-corrected chi connectivity index (χ2v) is 7.19. The van der Waals surface area contributed by atoms with Crippen LogP contribution in [0.5, 0.6) is 5.75 Å². The van der Waals surface area contributed by atoms with Crippen LogP contribution >= 0.6 is 0 Å². The van der Waals surface area contributed by atoms with E-state index in [4.69, 9.17) is 0 Å². The number of anilines is 1. The molecule has 0 bridgehead atoms. The molecule has 1 aromatic heterocycles. The zero-order chi connectivity index (χ0) is 22.3. The van der Waals surface area contributed by atoms with E-state index in [0.29, 0.717) is 22.5 Å². The van der Waals surface area contributed by atoms with E-state index in [0.717, 1.165) is 17.0 Å². The Bertz CT molecular complexity index is 1360. The van der Waals surface area contributed by atoms with Crippen LogP contribution in [0, 0.1) is 0 Å². The predicted molar refractivity (Wildman–Crippen MR) is 116 cm³/mol. The van der Waals surface area contributed by atoms with Crippen molar-refractivity contribution in [3.8, 4) is 5.75 Å². The third-order valence-corrected chi connectivity index (χ3v) is 5.13. The number of para-hydroxylation sites is 1. The highest BCUT2D eigenvalue weighted by Gasteiger charge is 2.37. The number of benzene rings is 3. The minimum Gasteiger partial charge on any atom is -0.406 e. The van der Waals surface area contributed by atoms with Crippen LogP contribution in [0.15, 0.2) is 85.1 Å². The average Bonchev–Trinajstić information content (AvgIpc) is 3.04. The first kappa shape index (κ1) is 19.8. The first-order valence-electron chi connectivity index (χ1n) is 9.76. The van der Waals surface area contributed by atoms with Crippen LogP contribution in [0.4, 0.5) is 18.9 Å². The van der Waals surface area contributed by atoms with E-state index >= 15 is 0 Å². The Morgan fingerprint density at radius 3 is 2.44 bits per heavy atom. The van der Waals surface area contributed by atoms with E-state index in [-0.39, 0.29) is 17.2 Å². The van der Waals surface area contributed by atoms with Gasteiger partial charge >= 0.3 is 6.36 Å². The second-order valence-electron chi connectivity index (χ2n) is 7.19. The van der Waals surface area contributed by atoms with Gasteiger partial charge in [0.25, 0.3) is 5.91 Å². The van der Waals surface area contributed by atoms with Crippen molar-refractivity contribution in [3.63, 3.8) is 0 Å². The van der Waals surface area contributed by atoms with Gasteiger partial charge in [0.15, 0.2) is 0 Å². The molecule has 0 saturated heterocycles. The Balaban J connectivity index is 1.72. The molecular formula is C25H15F3N2O2. The van der Waals surface area contributed by atoms with E-state index in [9.17, 15) is 18.0 Å². The van der Waals surface area contributed by atoms with Gasteiger partial charge in [-0.15, -0.1) is 13.2 Å². The first-order valence-corrected chi connectivity index (χ1v) is 9.76. The number of aromatic nitrogens is 1. The van der Waals surface area contributed by atoms with Gasteiger partial charge in [-0.05, 0) is 42.0 Å². The van der Waals surface area contributed by atoms with E-state index in [2.05, 4.69) is 9.72 Å². The van der Waals surface area contributed by atoms with Crippen LogP contribution in [0.2, 0.25) is 0 Å². The standard InChI is InChI=1S/C25H15F3N2O2/c26-25(27,28)32-18-11-12-19-20(15-18)22(14-16-6-2-1-3-7-16)30(24(19)31)21-10-4-8-17-9-5-13-29-23(17)21/h1-15H/b22-14+. The van der Waals surface area contributed by atoms with E-state index < -0.39 is 6.36 Å². The fraction of sp³-hybridized carbons (Fsp3) is 0.0400. The van der Waals surface area contributed by atoms with Crippen molar-refractivity contribution in [2.75, 3.05) is 4.90 Å². The van der Waals surface area contributed by atoms with Crippen molar-refractivity contribution in [3.05, 3.63) is 102 Å². The molecule has 0 radical (unpaired) electrons. The molecule has 0 fully saturated rings. The molecule has 158 valence electrons. The highest BCUT2D eigenvalue weighted by atomic mass is 19.4. The van der Waals surface area contributed by atoms with Crippen molar-refractivity contribution in [2.45, 2.75) is 6.36 Å². The van der Waals surface area contributed by atoms with Crippen LogP contribution in [0.1, 0.15) is 21.5 Å². The number of carbonyl (C=O) groups excluding carboxylic acids is 1. The monoisotopic (exact) mass is 432 g/mol. The highest BCUT2D eigenvalue weighted by molar-refractivity contribution is 6.26. The quantitative estimate of drug-likeness (QED) is 0.382. The molecular weight excluding hydrogens is 417 g/mol. The average molecular weight is 432 g/mol. The van der Waals surface area contributed by atoms with E-state index in [1.807, 2.05) is 48.5 Å². The number of rotatable bonds is 3. The van der Waals surface area contributed by atoms with Gasteiger partial charge in [-0.3, -0.25) is 14.7 Å². The number of alkyl halides is 3. The predicted octanol–water partition coefficient (Wildman–Crippen LogP) is 6.29. The lowest BCUT2D eigenvalue weighted by Gasteiger charge is -2.20. The molecule has 1 aliphatic heterocycles. The summed E-state index contributed by atoms with van der Waals surface area (Å²) < 4.78 is 42.5. The summed E-state index contributed by atoms with van der Waals surface area (Å²) in [6.45, 7) is 0. The summed E-state index contributed by atoms with van der Waals surface area (Å²) in [6, 6.07) is 22.2. The zero-order valence-electron chi connectivity index (χ0n) is 16.5. The normalized spacial score (nSPS) is 14.8. The molecule has 2 heterocycles. The van der Waals surface area contributed by atoms with Gasteiger partial charge in [0.1, 0.15) is 5.75 Å². The number of halogens is 3. The summed E-state index contributed by atoms with van der Waals surface area (Å²) in [5.41, 5.74) is 3.04. The molecule has 0 atom stereocenters. The molecule has 4 aromatic rings. The smallest absolute Gasteiger partial charge is 0.406 e. The Morgan fingerprint density at radius 2 is 1.66 bits per heavy atom. The maximum absolute atomic E-state index is 13.4. The largest absolute Gasteiger partial charge is 0.573 e. The lowest BCUT2D eigenvalue weighted by molar-refractivity contribution is -0.274. The number of nitrogens with zero attached hydrogens (tertiary/aromatic N) is 2. The third kappa shape index (κ3) is 3.58. The van der Waals surface area contributed by atoms with Gasteiger partial charge in [0, 0.05) is 22.7 Å². The van der Waals surface area contributed by atoms with Crippen molar-refractivity contribution >= 4 is 34.3 Å². The van der Waals surface area contributed by atoms with Crippen LogP contribution < -0.4 is 9.64 Å². The van der Waals surface area contributed by atoms with Gasteiger partial charge in [-0.1, -0.05) is 48.5 Å². The number of pyridine rings is 1. The summed E-state index contributed by atoms with van der Waals surface area (Å²) in [4.78, 5) is 19.4. The number of ether oxygens (including phenoxy) is 1. The van der Waals surface area contributed by atoms with Crippen LogP contribution in [0.3, 0.4) is 0 Å². The summed E-state index contributed by atoms with van der Waals surface area (Å²) in [5.74, 6) is -0.736. The van der Waals surface area contributed by atoms with E-state index in [1.54, 1.807) is 24.4 Å². The van der Waals surface area contributed by atoms with Crippen LogP contribution in [-0.4, -0.2) is 17.3 Å². The Kier molecular flexibility index (Phi) is 4.66. The molecule has 32 heavy (non-hydrogen) atoms. The van der Waals surface area contributed by atoms with Crippen molar-refractivity contribution in [1.82, 2.24) is 4.98 Å². The molecule has 4 nitrogen and oxygen atoms in total. The maximum Gasteiger partial charge on any atom is 0.573 e. The molecule has 1 amide bonds. The van der Waals surface area contributed by atoms with Gasteiger partial charge in [-0.25, -0.2) is 0 Å². The Hall–Kier alpha value is -4.13. The molecule has 3 aromatic carbocycles. The molecule has 7 heteroatoms. The molecule has 0 unspecified atom stereocenters. The van der Waals surface area contributed by atoms with Crippen molar-refractivity contribution in [1.29, 1.82) is 0 Å². The second kappa shape index (κ2) is 7.53. The topological polar surface area (TPSA) is 42.4 Å².